The second kappa shape index (κ2) is 10.2. The summed E-state index contributed by atoms with van der Waals surface area (Å²) in [5.41, 5.74) is 1.62. The Labute approximate surface area is 188 Å². The SMILES string of the molecule is COc1cccc([C@@H](C(=O)NC2CCCC2)N(Cc2ccccc2)C(=O)c2ccco2)c1. The minimum Gasteiger partial charge on any atom is -0.497 e. The minimum absolute atomic E-state index is 0.132. The van der Waals surface area contributed by atoms with Crippen molar-refractivity contribution in [1.29, 1.82) is 0 Å². The van der Waals surface area contributed by atoms with Gasteiger partial charge in [-0.05, 0) is 48.2 Å². The average molecular weight is 433 g/mol. The Balaban J connectivity index is 1.74. The average Bonchev–Trinajstić information content (AvgIpc) is 3.54. The van der Waals surface area contributed by atoms with Gasteiger partial charge >= 0.3 is 0 Å². The number of carbonyl (C=O) groups is 2. The van der Waals surface area contributed by atoms with Crippen LogP contribution in [0.4, 0.5) is 0 Å². The smallest absolute Gasteiger partial charge is 0.290 e. The largest absolute Gasteiger partial charge is 0.497 e. The molecule has 2 aromatic carbocycles. The Morgan fingerprint density at radius 2 is 1.84 bits per heavy atom. The van der Waals surface area contributed by atoms with Gasteiger partial charge in [0.2, 0.25) is 5.91 Å². The summed E-state index contributed by atoms with van der Waals surface area (Å²) in [5, 5.41) is 3.18. The van der Waals surface area contributed by atoms with Crippen molar-refractivity contribution in [2.75, 3.05) is 7.11 Å². The molecular weight excluding hydrogens is 404 g/mol. The first-order valence-corrected chi connectivity index (χ1v) is 11.0. The molecule has 1 fully saturated rings. The predicted molar refractivity (Wildman–Crippen MR) is 121 cm³/mol. The van der Waals surface area contributed by atoms with Crippen molar-refractivity contribution >= 4 is 11.8 Å². The summed E-state index contributed by atoms with van der Waals surface area (Å²) in [4.78, 5) is 28.7. The summed E-state index contributed by atoms with van der Waals surface area (Å²) in [6.07, 6.45) is 5.59. The van der Waals surface area contributed by atoms with Crippen LogP contribution in [0.25, 0.3) is 0 Å². The van der Waals surface area contributed by atoms with E-state index >= 15 is 0 Å². The van der Waals surface area contributed by atoms with E-state index in [-0.39, 0.29) is 30.2 Å². The summed E-state index contributed by atoms with van der Waals surface area (Å²) in [5.74, 6) is 0.294. The molecule has 0 bridgehead atoms. The summed E-state index contributed by atoms with van der Waals surface area (Å²) in [6.45, 7) is 0.264. The van der Waals surface area contributed by atoms with E-state index in [2.05, 4.69) is 5.32 Å². The van der Waals surface area contributed by atoms with Crippen LogP contribution < -0.4 is 10.1 Å². The van der Waals surface area contributed by atoms with E-state index in [9.17, 15) is 9.59 Å². The number of hydrogen-bond donors (Lipinski definition) is 1. The first-order valence-electron chi connectivity index (χ1n) is 11.0. The number of benzene rings is 2. The van der Waals surface area contributed by atoms with Crippen LogP contribution in [0, 0.1) is 0 Å². The number of carbonyl (C=O) groups excluding carboxylic acids is 2. The van der Waals surface area contributed by atoms with Gasteiger partial charge in [-0.15, -0.1) is 0 Å². The molecule has 1 aliphatic carbocycles. The number of nitrogens with one attached hydrogen (secondary N) is 1. The van der Waals surface area contributed by atoms with Gasteiger partial charge in [0.25, 0.3) is 5.91 Å². The zero-order chi connectivity index (χ0) is 22.3. The molecule has 3 aromatic rings. The van der Waals surface area contributed by atoms with E-state index in [1.54, 1.807) is 24.1 Å². The highest BCUT2D eigenvalue weighted by atomic mass is 16.5. The fourth-order valence-corrected chi connectivity index (χ4v) is 4.24. The Bertz CT molecular complexity index is 1030. The highest BCUT2D eigenvalue weighted by Crippen LogP contribution is 2.29. The van der Waals surface area contributed by atoms with Gasteiger partial charge in [0.1, 0.15) is 11.8 Å². The zero-order valence-electron chi connectivity index (χ0n) is 18.2. The van der Waals surface area contributed by atoms with Crippen LogP contribution in [0.2, 0.25) is 0 Å². The normalized spacial score (nSPS) is 14.7. The third kappa shape index (κ3) is 5.02. The Morgan fingerprint density at radius 1 is 1.06 bits per heavy atom. The zero-order valence-corrected chi connectivity index (χ0v) is 18.2. The molecule has 4 rings (SSSR count). The number of nitrogens with zero attached hydrogens (tertiary/aromatic N) is 1. The number of rotatable bonds is 8. The molecule has 1 atom stereocenters. The Morgan fingerprint density at radius 3 is 2.53 bits per heavy atom. The second-order valence-corrected chi connectivity index (χ2v) is 8.07. The van der Waals surface area contributed by atoms with Gasteiger partial charge < -0.3 is 19.4 Å². The minimum atomic E-state index is -0.830. The number of furan rings is 1. The van der Waals surface area contributed by atoms with Crippen LogP contribution >= 0.6 is 0 Å². The Kier molecular flexibility index (Phi) is 6.90. The highest BCUT2D eigenvalue weighted by molar-refractivity contribution is 5.96. The summed E-state index contributed by atoms with van der Waals surface area (Å²) in [6, 6.07) is 19.6. The quantitative estimate of drug-likeness (QED) is 0.559. The molecule has 0 spiro atoms. The maximum atomic E-state index is 13.6. The lowest BCUT2D eigenvalue weighted by Gasteiger charge is -2.32. The summed E-state index contributed by atoms with van der Waals surface area (Å²) in [7, 11) is 1.59. The molecule has 1 N–H and O–H groups in total. The van der Waals surface area contributed by atoms with E-state index in [1.165, 1.54) is 6.26 Å². The fraction of sp³-hybridized carbons (Fsp3) is 0.308. The molecule has 0 unspecified atom stereocenters. The Hall–Kier alpha value is -3.54. The molecule has 2 amide bonds. The molecule has 1 aromatic heterocycles. The van der Waals surface area contributed by atoms with Crippen molar-refractivity contribution in [2.45, 2.75) is 44.3 Å². The molecule has 1 saturated carbocycles. The molecule has 166 valence electrons. The van der Waals surface area contributed by atoms with Gasteiger partial charge in [0.15, 0.2) is 5.76 Å². The molecule has 1 aliphatic rings. The summed E-state index contributed by atoms with van der Waals surface area (Å²) < 4.78 is 10.8. The number of amides is 2. The lowest BCUT2D eigenvalue weighted by atomic mass is 10.0. The van der Waals surface area contributed by atoms with E-state index in [0.717, 1.165) is 31.2 Å². The predicted octanol–water partition coefficient (Wildman–Crippen LogP) is 4.73. The van der Waals surface area contributed by atoms with Crippen molar-refractivity contribution in [3.8, 4) is 5.75 Å². The highest BCUT2D eigenvalue weighted by Gasteiger charge is 2.34. The van der Waals surface area contributed by atoms with Gasteiger partial charge in [0.05, 0.1) is 13.4 Å². The topological polar surface area (TPSA) is 71.8 Å². The summed E-state index contributed by atoms with van der Waals surface area (Å²) >= 11 is 0. The molecule has 6 nitrogen and oxygen atoms in total. The standard InChI is InChI=1S/C26H28N2O4/c1-31-22-14-7-11-20(17-22)24(25(29)27-21-12-5-6-13-21)28(18-19-9-3-2-4-10-19)26(30)23-15-8-16-32-23/h2-4,7-11,14-17,21,24H,5-6,12-13,18H2,1H3,(H,27,29)/t24-/m0/s1. The molecule has 6 heteroatoms. The van der Waals surface area contributed by atoms with Crippen LogP contribution in [-0.4, -0.2) is 29.9 Å². The number of ether oxygens (including phenoxy) is 1. The second-order valence-electron chi connectivity index (χ2n) is 8.07. The van der Waals surface area contributed by atoms with E-state index < -0.39 is 6.04 Å². The van der Waals surface area contributed by atoms with E-state index in [4.69, 9.17) is 9.15 Å². The first kappa shape index (κ1) is 21.7. The van der Waals surface area contributed by atoms with Gasteiger partial charge in [-0.1, -0.05) is 55.3 Å². The number of hydrogen-bond acceptors (Lipinski definition) is 4. The van der Waals surface area contributed by atoms with Crippen molar-refractivity contribution in [3.05, 3.63) is 89.9 Å². The van der Waals surface area contributed by atoms with Gasteiger partial charge in [-0.2, -0.15) is 0 Å². The molecule has 1 heterocycles. The van der Waals surface area contributed by atoms with E-state index in [0.29, 0.717) is 11.3 Å². The van der Waals surface area contributed by atoms with Gasteiger partial charge in [-0.3, -0.25) is 9.59 Å². The third-order valence-corrected chi connectivity index (χ3v) is 5.86. The van der Waals surface area contributed by atoms with Crippen molar-refractivity contribution < 1.29 is 18.7 Å². The monoisotopic (exact) mass is 432 g/mol. The number of methoxy groups -OCH3 is 1. The molecular formula is C26H28N2O4. The third-order valence-electron chi connectivity index (χ3n) is 5.86. The molecule has 0 saturated heterocycles. The maximum absolute atomic E-state index is 13.6. The fourth-order valence-electron chi connectivity index (χ4n) is 4.24. The molecule has 32 heavy (non-hydrogen) atoms. The van der Waals surface area contributed by atoms with Crippen LogP contribution in [0.1, 0.15) is 53.4 Å². The lowest BCUT2D eigenvalue weighted by molar-refractivity contribution is -0.126. The first-order chi connectivity index (χ1) is 15.7. The van der Waals surface area contributed by atoms with Crippen molar-refractivity contribution in [2.24, 2.45) is 0 Å². The van der Waals surface area contributed by atoms with Crippen molar-refractivity contribution in [1.82, 2.24) is 10.2 Å². The van der Waals surface area contributed by atoms with Crippen LogP contribution in [0.3, 0.4) is 0 Å². The van der Waals surface area contributed by atoms with E-state index in [1.807, 2.05) is 54.6 Å². The molecule has 0 radical (unpaired) electrons. The maximum Gasteiger partial charge on any atom is 0.290 e. The van der Waals surface area contributed by atoms with Gasteiger partial charge in [-0.25, -0.2) is 0 Å². The lowest BCUT2D eigenvalue weighted by Crippen LogP contribution is -2.45. The van der Waals surface area contributed by atoms with Crippen LogP contribution in [0.15, 0.2) is 77.4 Å². The molecule has 0 aliphatic heterocycles. The van der Waals surface area contributed by atoms with Gasteiger partial charge in [0, 0.05) is 12.6 Å². The van der Waals surface area contributed by atoms with Crippen LogP contribution in [0.5, 0.6) is 5.75 Å². The van der Waals surface area contributed by atoms with Crippen molar-refractivity contribution in [3.63, 3.8) is 0 Å². The van der Waals surface area contributed by atoms with Crippen LogP contribution in [-0.2, 0) is 11.3 Å².